The molecule has 1 amide bonds. The molecule has 0 radical (unpaired) electrons. The number of hydrogen-bond acceptors (Lipinski definition) is 3. The number of carbonyl (C=O) groups is 1. The highest BCUT2D eigenvalue weighted by atomic mass is 19.4. The molecule has 0 aromatic heterocycles. The van der Waals surface area contributed by atoms with Crippen LogP contribution in [0.25, 0.3) is 0 Å². The van der Waals surface area contributed by atoms with Crippen LogP contribution in [0.5, 0.6) is 0 Å². The SMILES string of the molecule is CCCN(CC(F)(F)F)C(=O)COC1(C)CNC1. The fourth-order valence-corrected chi connectivity index (χ4v) is 1.68. The number of rotatable bonds is 6. The van der Waals surface area contributed by atoms with Crippen molar-refractivity contribution in [3.05, 3.63) is 0 Å². The van der Waals surface area contributed by atoms with Crippen molar-refractivity contribution < 1.29 is 22.7 Å². The third kappa shape index (κ3) is 4.81. The highest BCUT2D eigenvalue weighted by molar-refractivity contribution is 5.77. The molecule has 0 bridgehead atoms. The van der Waals surface area contributed by atoms with Gasteiger partial charge in [0.1, 0.15) is 13.2 Å². The topological polar surface area (TPSA) is 41.6 Å². The van der Waals surface area contributed by atoms with Gasteiger partial charge in [-0.3, -0.25) is 4.79 Å². The van der Waals surface area contributed by atoms with Crippen LogP contribution in [-0.4, -0.2) is 55.4 Å². The fourth-order valence-electron chi connectivity index (χ4n) is 1.68. The summed E-state index contributed by atoms with van der Waals surface area (Å²) >= 11 is 0. The van der Waals surface area contributed by atoms with E-state index in [9.17, 15) is 18.0 Å². The molecule has 1 aliphatic rings. The number of ether oxygens (including phenoxy) is 1. The van der Waals surface area contributed by atoms with Gasteiger partial charge in [-0.1, -0.05) is 6.92 Å². The van der Waals surface area contributed by atoms with Crippen molar-refractivity contribution in [1.29, 1.82) is 0 Å². The molecule has 7 heteroatoms. The van der Waals surface area contributed by atoms with Crippen LogP contribution in [-0.2, 0) is 9.53 Å². The second kappa shape index (κ2) is 5.88. The Balaban J connectivity index is 2.43. The van der Waals surface area contributed by atoms with Gasteiger partial charge in [0.05, 0.1) is 5.60 Å². The summed E-state index contributed by atoms with van der Waals surface area (Å²) in [6, 6.07) is 0. The van der Waals surface area contributed by atoms with Crippen LogP contribution in [0.1, 0.15) is 20.3 Å². The lowest BCUT2D eigenvalue weighted by atomic mass is 10.0. The molecule has 106 valence electrons. The largest absolute Gasteiger partial charge is 0.406 e. The number of hydrogen-bond donors (Lipinski definition) is 1. The van der Waals surface area contributed by atoms with Crippen LogP contribution in [0.15, 0.2) is 0 Å². The Labute approximate surface area is 104 Å². The normalized spacial score (nSPS) is 18.3. The van der Waals surface area contributed by atoms with Crippen molar-refractivity contribution in [2.45, 2.75) is 32.0 Å². The van der Waals surface area contributed by atoms with E-state index in [0.717, 1.165) is 4.90 Å². The van der Waals surface area contributed by atoms with Crippen LogP contribution < -0.4 is 5.32 Å². The number of alkyl halides is 3. The molecule has 1 aliphatic heterocycles. The van der Waals surface area contributed by atoms with Crippen molar-refractivity contribution in [2.75, 3.05) is 32.8 Å². The molecule has 1 fully saturated rings. The number of halogens is 3. The van der Waals surface area contributed by atoms with E-state index >= 15 is 0 Å². The summed E-state index contributed by atoms with van der Waals surface area (Å²) in [6.45, 7) is 3.38. The minimum absolute atomic E-state index is 0.0939. The Kier molecular flexibility index (Phi) is 4.98. The maximum absolute atomic E-state index is 12.3. The summed E-state index contributed by atoms with van der Waals surface area (Å²) in [4.78, 5) is 12.5. The summed E-state index contributed by atoms with van der Waals surface area (Å²) in [6.07, 6.45) is -3.88. The first-order valence-corrected chi connectivity index (χ1v) is 5.95. The molecule has 1 saturated heterocycles. The lowest BCUT2D eigenvalue weighted by molar-refractivity contribution is -0.168. The molecule has 0 unspecified atom stereocenters. The molecule has 18 heavy (non-hydrogen) atoms. The van der Waals surface area contributed by atoms with E-state index in [4.69, 9.17) is 4.74 Å². The zero-order chi connectivity index (χ0) is 13.8. The molecule has 4 nitrogen and oxygen atoms in total. The van der Waals surface area contributed by atoms with Gasteiger partial charge in [0.2, 0.25) is 5.91 Å². The van der Waals surface area contributed by atoms with Gasteiger partial charge < -0.3 is 15.0 Å². The van der Waals surface area contributed by atoms with E-state index in [1.165, 1.54) is 0 Å². The Bertz CT molecular complexity index is 291. The first-order chi connectivity index (χ1) is 8.26. The van der Waals surface area contributed by atoms with Crippen LogP contribution in [0.3, 0.4) is 0 Å². The Morgan fingerprint density at radius 2 is 2.06 bits per heavy atom. The Morgan fingerprint density at radius 1 is 1.44 bits per heavy atom. The fraction of sp³-hybridized carbons (Fsp3) is 0.909. The first-order valence-electron chi connectivity index (χ1n) is 5.95. The first kappa shape index (κ1) is 15.2. The maximum atomic E-state index is 12.3. The van der Waals surface area contributed by atoms with Gasteiger partial charge >= 0.3 is 6.18 Å². The summed E-state index contributed by atoms with van der Waals surface area (Å²) < 4.78 is 42.2. The van der Waals surface area contributed by atoms with Crippen LogP contribution >= 0.6 is 0 Å². The molecule has 0 atom stereocenters. The molecule has 0 saturated carbocycles. The highest BCUT2D eigenvalue weighted by Crippen LogP contribution is 2.18. The average molecular weight is 268 g/mol. The number of nitrogens with zero attached hydrogens (tertiary/aromatic N) is 1. The zero-order valence-corrected chi connectivity index (χ0v) is 10.6. The van der Waals surface area contributed by atoms with E-state index in [2.05, 4.69) is 5.32 Å². The number of carbonyl (C=O) groups excluding carboxylic acids is 1. The lowest BCUT2D eigenvalue weighted by Crippen LogP contribution is -2.59. The van der Waals surface area contributed by atoms with Crippen LogP contribution in [0.4, 0.5) is 13.2 Å². The van der Waals surface area contributed by atoms with Gasteiger partial charge in [-0.25, -0.2) is 0 Å². The molecule has 0 aromatic carbocycles. The standard InChI is InChI=1S/C11H19F3N2O2/c1-3-4-16(8-11(12,13)14)9(17)5-18-10(2)6-15-7-10/h15H,3-8H2,1-2H3. The minimum atomic E-state index is -4.37. The smallest absolute Gasteiger partial charge is 0.363 e. The lowest BCUT2D eigenvalue weighted by Gasteiger charge is -2.39. The van der Waals surface area contributed by atoms with Gasteiger partial charge in [0, 0.05) is 19.6 Å². The Hall–Kier alpha value is -0.820. The van der Waals surface area contributed by atoms with E-state index in [0.29, 0.717) is 19.5 Å². The molecule has 1 rings (SSSR count). The van der Waals surface area contributed by atoms with E-state index < -0.39 is 24.2 Å². The Morgan fingerprint density at radius 3 is 2.44 bits per heavy atom. The quantitative estimate of drug-likeness (QED) is 0.786. The van der Waals surface area contributed by atoms with Crippen molar-refractivity contribution in [2.24, 2.45) is 0 Å². The molecular formula is C11H19F3N2O2. The summed E-state index contributed by atoms with van der Waals surface area (Å²) in [5.41, 5.74) is -0.425. The number of amides is 1. The predicted octanol–water partition coefficient (Wildman–Crippen LogP) is 1.17. The average Bonchev–Trinajstić information content (AvgIpc) is 2.21. The van der Waals surface area contributed by atoms with Crippen molar-refractivity contribution in [3.8, 4) is 0 Å². The van der Waals surface area contributed by atoms with Gasteiger partial charge in [0.15, 0.2) is 0 Å². The highest BCUT2D eigenvalue weighted by Gasteiger charge is 2.36. The maximum Gasteiger partial charge on any atom is 0.406 e. The summed E-state index contributed by atoms with van der Waals surface area (Å²) in [5, 5.41) is 2.99. The molecule has 1 N–H and O–H groups in total. The van der Waals surface area contributed by atoms with Crippen LogP contribution in [0, 0.1) is 0 Å². The predicted molar refractivity (Wildman–Crippen MR) is 60.2 cm³/mol. The van der Waals surface area contributed by atoms with Gasteiger partial charge in [0.25, 0.3) is 0 Å². The molecule has 0 spiro atoms. The second-order valence-corrected chi connectivity index (χ2v) is 4.77. The third-order valence-corrected chi connectivity index (χ3v) is 2.76. The van der Waals surface area contributed by atoms with E-state index in [1.54, 1.807) is 6.92 Å². The van der Waals surface area contributed by atoms with Crippen molar-refractivity contribution in [1.82, 2.24) is 10.2 Å². The third-order valence-electron chi connectivity index (χ3n) is 2.76. The molecular weight excluding hydrogens is 249 g/mol. The number of nitrogens with one attached hydrogen (secondary N) is 1. The van der Waals surface area contributed by atoms with E-state index in [-0.39, 0.29) is 13.2 Å². The molecule has 0 aromatic rings. The van der Waals surface area contributed by atoms with Crippen molar-refractivity contribution >= 4 is 5.91 Å². The summed E-state index contributed by atoms with van der Waals surface area (Å²) in [7, 11) is 0. The van der Waals surface area contributed by atoms with E-state index in [1.807, 2.05) is 6.92 Å². The molecule has 0 aliphatic carbocycles. The monoisotopic (exact) mass is 268 g/mol. The second-order valence-electron chi connectivity index (χ2n) is 4.77. The minimum Gasteiger partial charge on any atom is -0.363 e. The van der Waals surface area contributed by atoms with Crippen LogP contribution in [0.2, 0.25) is 0 Å². The van der Waals surface area contributed by atoms with Gasteiger partial charge in [-0.05, 0) is 13.3 Å². The van der Waals surface area contributed by atoms with Gasteiger partial charge in [-0.2, -0.15) is 13.2 Å². The van der Waals surface area contributed by atoms with Crippen molar-refractivity contribution in [3.63, 3.8) is 0 Å². The molecule has 1 heterocycles. The van der Waals surface area contributed by atoms with Gasteiger partial charge in [-0.15, -0.1) is 0 Å². The summed E-state index contributed by atoms with van der Waals surface area (Å²) in [5.74, 6) is -0.609. The zero-order valence-electron chi connectivity index (χ0n) is 10.6.